The summed E-state index contributed by atoms with van der Waals surface area (Å²) in [5, 5.41) is 13.0. The van der Waals surface area contributed by atoms with Crippen LogP contribution in [0.4, 0.5) is 5.00 Å². The number of nitrogens with one attached hydrogen (secondary N) is 1. The standard InChI is InChI=1S/C17H26N2O4S/c1-8(2)11(20)14(22)19-15-10(13(18)21)9-7-16(3,4)23-17(5,6)12(9)24-15/h8,11,20H,7H2,1-6H3,(H2,18,21)(H,19,22). The number of primary amides is 1. The third-order valence-corrected chi connectivity index (χ3v) is 5.52. The van der Waals surface area contributed by atoms with Crippen LogP contribution in [0.15, 0.2) is 0 Å². The second kappa shape index (κ2) is 6.13. The molecule has 6 nitrogen and oxygen atoms in total. The Morgan fingerprint density at radius 1 is 1.29 bits per heavy atom. The van der Waals surface area contributed by atoms with Crippen LogP contribution < -0.4 is 11.1 Å². The maximum Gasteiger partial charge on any atom is 0.254 e. The van der Waals surface area contributed by atoms with E-state index >= 15 is 0 Å². The van der Waals surface area contributed by atoms with Crippen molar-refractivity contribution in [3.05, 3.63) is 16.0 Å². The molecule has 1 unspecified atom stereocenters. The summed E-state index contributed by atoms with van der Waals surface area (Å²) in [5.74, 6) is -1.35. The topological polar surface area (TPSA) is 102 Å². The van der Waals surface area contributed by atoms with Crippen LogP contribution >= 0.6 is 11.3 Å². The number of carbonyl (C=O) groups excluding carboxylic acids is 2. The van der Waals surface area contributed by atoms with Crippen molar-refractivity contribution in [2.24, 2.45) is 11.7 Å². The summed E-state index contributed by atoms with van der Waals surface area (Å²) >= 11 is 1.29. The van der Waals surface area contributed by atoms with Crippen molar-refractivity contribution in [1.82, 2.24) is 0 Å². The molecule has 24 heavy (non-hydrogen) atoms. The van der Waals surface area contributed by atoms with E-state index in [-0.39, 0.29) is 5.92 Å². The van der Waals surface area contributed by atoms with Crippen LogP contribution in [0, 0.1) is 5.92 Å². The molecule has 1 aromatic heterocycles. The normalized spacial score (nSPS) is 19.7. The molecule has 0 aromatic carbocycles. The lowest BCUT2D eigenvalue weighted by atomic mass is 9.86. The zero-order chi connectivity index (χ0) is 18.4. The number of ether oxygens (including phenoxy) is 1. The van der Waals surface area contributed by atoms with E-state index in [1.54, 1.807) is 13.8 Å². The van der Waals surface area contributed by atoms with Crippen molar-refractivity contribution in [1.29, 1.82) is 0 Å². The van der Waals surface area contributed by atoms with Gasteiger partial charge in [0, 0.05) is 11.3 Å². The zero-order valence-corrected chi connectivity index (χ0v) is 15.8. The molecular weight excluding hydrogens is 328 g/mol. The van der Waals surface area contributed by atoms with E-state index in [0.717, 1.165) is 10.4 Å². The van der Waals surface area contributed by atoms with Crippen LogP contribution in [0.25, 0.3) is 0 Å². The first-order chi connectivity index (χ1) is 10.9. The van der Waals surface area contributed by atoms with Crippen LogP contribution in [0.5, 0.6) is 0 Å². The highest BCUT2D eigenvalue weighted by Gasteiger charge is 2.43. The maximum absolute atomic E-state index is 12.2. The number of nitrogens with two attached hydrogens (primary N) is 1. The quantitative estimate of drug-likeness (QED) is 0.772. The summed E-state index contributed by atoms with van der Waals surface area (Å²) in [7, 11) is 0. The molecule has 0 fully saturated rings. The van der Waals surface area contributed by atoms with Gasteiger partial charge in [0.05, 0.1) is 16.8 Å². The average Bonchev–Trinajstić information content (AvgIpc) is 2.74. The predicted octanol–water partition coefficient (Wildman–Crippen LogP) is 2.39. The third kappa shape index (κ3) is 3.48. The van der Waals surface area contributed by atoms with Gasteiger partial charge in [-0.15, -0.1) is 11.3 Å². The number of aliphatic hydroxyl groups excluding tert-OH is 1. The van der Waals surface area contributed by atoms with E-state index < -0.39 is 29.1 Å². The Morgan fingerprint density at radius 2 is 1.88 bits per heavy atom. The number of fused-ring (bicyclic) bond motifs is 1. The molecule has 0 bridgehead atoms. The van der Waals surface area contributed by atoms with Crippen molar-refractivity contribution in [2.45, 2.75) is 65.3 Å². The highest BCUT2D eigenvalue weighted by molar-refractivity contribution is 7.17. The highest BCUT2D eigenvalue weighted by atomic mass is 32.1. The molecule has 1 atom stereocenters. The monoisotopic (exact) mass is 354 g/mol. The fourth-order valence-corrected chi connectivity index (χ4v) is 4.42. The Hall–Kier alpha value is -1.44. The molecular formula is C17H26N2O4S. The van der Waals surface area contributed by atoms with E-state index in [1.165, 1.54) is 11.3 Å². The van der Waals surface area contributed by atoms with E-state index in [4.69, 9.17) is 10.5 Å². The first-order valence-corrected chi connectivity index (χ1v) is 8.82. The summed E-state index contributed by atoms with van der Waals surface area (Å²) in [6.07, 6.45) is -0.617. The van der Waals surface area contributed by atoms with Crippen molar-refractivity contribution < 1.29 is 19.4 Å². The van der Waals surface area contributed by atoms with E-state index in [9.17, 15) is 14.7 Å². The van der Waals surface area contributed by atoms with E-state index in [0.29, 0.717) is 17.0 Å². The average molecular weight is 354 g/mol. The predicted molar refractivity (Wildman–Crippen MR) is 94.2 cm³/mol. The Kier molecular flexibility index (Phi) is 4.82. The number of carbonyl (C=O) groups is 2. The lowest BCUT2D eigenvalue weighted by molar-refractivity contribution is -0.135. The van der Waals surface area contributed by atoms with E-state index in [2.05, 4.69) is 5.32 Å². The number of rotatable bonds is 4. The van der Waals surface area contributed by atoms with Gasteiger partial charge in [0.15, 0.2) is 0 Å². The second-order valence-electron chi connectivity index (χ2n) is 7.71. The van der Waals surface area contributed by atoms with Gasteiger partial charge in [-0.25, -0.2) is 0 Å². The largest absolute Gasteiger partial charge is 0.383 e. The van der Waals surface area contributed by atoms with Gasteiger partial charge in [0.1, 0.15) is 11.1 Å². The molecule has 0 saturated heterocycles. The number of aliphatic hydroxyl groups is 1. The molecule has 4 N–H and O–H groups in total. The molecule has 1 aliphatic rings. The second-order valence-corrected chi connectivity index (χ2v) is 8.73. The van der Waals surface area contributed by atoms with Crippen molar-refractivity contribution in [3.8, 4) is 0 Å². The van der Waals surface area contributed by atoms with Gasteiger partial charge >= 0.3 is 0 Å². The molecule has 1 aromatic rings. The molecule has 0 radical (unpaired) electrons. The molecule has 0 spiro atoms. The Morgan fingerprint density at radius 3 is 2.38 bits per heavy atom. The molecule has 1 aliphatic heterocycles. The number of amides is 2. The summed E-state index contributed by atoms with van der Waals surface area (Å²) in [6.45, 7) is 11.3. The molecule has 2 heterocycles. The van der Waals surface area contributed by atoms with Crippen LogP contribution in [-0.4, -0.2) is 28.6 Å². The van der Waals surface area contributed by atoms with Crippen LogP contribution in [0.2, 0.25) is 0 Å². The minimum Gasteiger partial charge on any atom is -0.383 e. The number of hydrogen-bond acceptors (Lipinski definition) is 5. The molecule has 2 amide bonds. The molecule has 7 heteroatoms. The number of thiophene rings is 1. The molecule has 0 saturated carbocycles. The highest BCUT2D eigenvalue weighted by Crippen LogP contribution is 2.48. The van der Waals surface area contributed by atoms with Crippen LogP contribution in [-0.2, 0) is 21.6 Å². The number of hydrogen-bond donors (Lipinski definition) is 3. The Balaban J connectivity index is 2.50. The van der Waals surface area contributed by atoms with Crippen molar-refractivity contribution >= 4 is 28.2 Å². The molecule has 134 valence electrons. The fraction of sp³-hybridized carbons (Fsp3) is 0.647. The van der Waals surface area contributed by atoms with Gasteiger partial charge in [-0.3, -0.25) is 9.59 Å². The Labute approximate surface area is 146 Å². The van der Waals surface area contributed by atoms with Crippen LogP contribution in [0.3, 0.4) is 0 Å². The fourth-order valence-electron chi connectivity index (χ4n) is 3.16. The molecule has 0 aliphatic carbocycles. The van der Waals surface area contributed by atoms with Gasteiger partial charge in [-0.2, -0.15) is 0 Å². The van der Waals surface area contributed by atoms with Gasteiger partial charge in [-0.1, -0.05) is 13.8 Å². The zero-order valence-electron chi connectivity index (χ0n) is 15.0. The van der Waals surface area contributed by atoms with Gasteiger partial charge in [0.25, 0.3) is 11.8 Å². The van der Waals surface area contributed by atoms with Crippen molar-refractivity contribution in [3.63, 3.8) is 0 Å². The smallest absolute Gasteiger partial charge is 0.254 e. The van der Waals surface area contributed by atoms with Gasteiger partial charge < -0.3 is 20.9 Å². The van der Waals surface area contributed by atoms with Crippen LogP contribution in [0.1, 0.15) is 62.3 Å². The van der Waals surface area contributed by atoms with Gasteiger partial charge in [-0.05, 0) is 39.2 Å². The molecule has 2 rings (SSSR count). The van der Waals surface area contributed by atoms with Crippen molar-refractivity contribution in [2.75, 3.05) is 5.32 Å². The minimum absolute atomic E-state index is 0.227. The third-order valence-electron chi connectivity index (χ3n) is 4.07. The maximum atomic E-state index is 12.2. The summed E-state index contributed by atoms with van der Waals surface area (Å²) < 4.78 is 6.12. The van der Waals surface area contributed by atoms with Gasteiger partial charge in [0.2, 0.25) is 0 Å². The minimum atomic E-state index is -1.15. The van der Waals surface area contributed by atoms with E-state index in [1.807, 2.05) is 27.7 Å². The lowest BCUT2D eigenvalue weighted by Gasteiger charge is -2.41. The summed E-state index contributed by atoms with van der Waals surface area (Å²) in [6, 6.07) is 0. The first-order valence-electron chi connectivity index (χ1n) is 8.01. The summed E-state index contributed by atoms with van der Waals surface area (Å²) in [4.78, 5) is 25.1. The summed E-state index contributed by atoms with van der Waals surface area (Å²) in [5.41, 5.74) is 5.69. The lowest BCUT2D eigenvalue weighted by Crippen LogP contribution is -2.42. The number of anilines is 1. The first kappa shape index (κ1) is 18.9. The Bertz CT molecular complexity index is 676. The SMILES string of the molecule is CC(C)C(O)C(=O)Nc1sc2c(c1C(N)=O)CC(C)(C)OC2(C)C.